The summed E-state index contributed by atoms with van der Waals surface area (Å²) >= 11 is 0. The van der Waals surface area contributed by atoms with Crippen LogP contribution in [0, 0.1) is 0 Å². The molecular weight excluding hydrogens is 223 g/mol. The van der Waals surface area contributed by atoms with Gasteiger partial charge in [0, 0.05) is 6.42 Å². The highest BCUT2D eigenvalue weighted by atomic mass is 16.5. The molecule has 0 saturated heterocycles. The second-order valence-electron chi connectivity index (χ2n) is 4.78. The van der Waals surface area contributed by atoms with Crippen LogP contribution in [0.25, 0.3) is 0 Å². The Morgan fingerprint density at radius 3 is 2.18 bits per heavy atom. The minimum Gasteiger partial charge on any atom is -0.489 e. The van der Waals surface area contributed by atoms with Crippen molar-refractivity contribution in [3.05, 3.63) is 11.8 Å². The Bertz CT molecular complexity index is 245. The summed E-state index contributed by atoms with van der Waals surface area (Å²) in [7, 11) is 0. The van der Waals surface area contributed by atoms with Gasteiger partial charge in [0.2, 0.25) is 0 Å². The maximum Gasteiger partial charge on any atom is 0.482 e. The topological polar surface area (TPSA) is 79.2 Å². The highest BCUT2D eigenvalue weighted by Gasteiger charge is 2.37. The first-order valence-electron chi connectivity index (χ1n) is 5.53. The smallest absolute Gasteiger partial charge is 0.482 e. The lowest BCUT2D eigenvalue weighted by atomic mass is 9.89. The van der Waals surface area contributed by atoms with E-state index in [2.05, 4.69) is 0 Å². The van der Waals surface area contributed by atoms with Gasteiger partial charge in [-0.15, -0.1) is 0 Å². The minimum absolute atomic E-state index is 0. The fraction of sp³-hybridized carbons (Fsp3) is 0.818. The summed E-state index contributed by atoms with van der Waals surface area (Å²) in [6, 6.07) is 0. The van der Waals surface area contributed by atoms with Gasteiger partial charge in [-0.1, -0.05) is 0 Å². The van der Waals surface area contributed by atoms with Crippen molar-refractivity contribution in [2.45, 2.75) is 45.3 Å². The molecule has 0 aromatic rings. The maximum atomic E-state index is 9.89. The van der Waals surface area contributed by atoms with Crippen LogP contribution >= 0.6 is 0 Å². The van der Waals surface area contributed by atoms with Crippen LogP contribution in [-0.2, 0) is 9.47 Å². The molecule has 6 heteroatoms. The van der Waals surface area contributed by atoms with Gasteiger partial charge >= 0.3 is 7.69 Å². The summed E-state index contributed by atoms with van der Waals surface area (Å²) in [5, 5.41) is 23.9. The lowest BCUT2D eigenvalue weighted by Crippen LogP contribution is -2.47. The molecule has 0 aromatic carbocycles. The predicted molar refractivity (Wildman–Crippen MR) is 65.2 cm³/mol. The Labute approximate surface area is 103 Å². The molecule has 5 nitrogen and oxygen atoms in total. The Morgan fingerprint density at radius 2 is 1.82 bits per heavy atom. The van der Waals surface area contributed by atoms with Crippen molar-refractivity contribution in [3.8, 4) is 0 Å². The van der Waals surface area contributed by atoms with E-state index in [1.54, 1.807) is 13.8 Å². The predicted octanol–water partition coefficient (Wildman–Crippen LogP) is 0.362. The first-order valence-corrected chi connectivity index (χ1v) is 5.53. The number of aliphatic hydroxyl groups is 1. The first kappa shape index (κ1) is 16.4. The van der Waals surface area contributed by atoms with Crippen molar-refractivity contribution in [1.29, 1.82) is 0 Å². The molecule has 1 rings (SSSR count). The van der Waals surface area contributed by atoms with Crippen molar-refractivity contribution in [2.75, 3.05) is 13.2 Å². The zero-order valence-electron chi connectivity index (χ0n) is 10.9. The average molecular weight is 245 g/mol. The lowest BCUT2D eigenvalue weighted by Gasteiger charge is -2.38. The zero-order chi connectivity index (χ0) is 13.5. The van der Waals surface area contributed by atoms with E-state index >= 15 is 0 Å². The molecule has 0 fully saturated rings. The van der Waals surface area contributed by atoms with Crippen LogP contribution in [0.1, 0.15) is 34.1 Å². The molecular formula is C11H22BO5. The van der Waals surface area contributed by atoms with E-state index in [-0.39, 0.29) is 7.69 Å². The Balaban J connectivity index is 0.000000770. The molecule has 0 amide bonds. The maximum absolute atomic E-state index is 9.89. The van der Waals surface area contributed by atoms with Gasteiger partial charge in [0.25, 0.3) is 0 Å². The summed E-state index contributed by atoms with van der Waals surface area (Å²) in [5.41, 5.74) is -1.43. The van der Waals surface area contributed by atoms with Crippen LogP contribution in [-0.4, -0.2) is 47.3 Å². The molecule has 0 spiro atoms. The van der Waals surface area contributed by atoms with Crippen molar-refractivity contribution < 1.29 is 24.6 Å². The quantitative estimate of drug-likeness (QED) is 0.626. The summed E-state index contributed by atoms with van der Waals surface area (Å²) in [4.78, 5) is 0. The molecule has 1 aliphatic heterocycles. The van der Waals surface area contributed by atoms with Crippen molar-refractivity contribution in [3.63, 3.8) is 0 Å². The zero-order valence-corrected chi connectivity index (χ0v) is 10.9. The van der Waals surface area contributed by atoms with Crippen molar-refractivity contribution >= 4 is 7.69 Å². The monoisotopic (exact) mass is 245 g/mol. The normalized spacial score (nSPS) is 16.5. The average Bonchev–Trinajstić information content (AvgIpc) is 2.17. The molecule has 1 radical (unpaired) electrons. The van der Waals surface area contributed by atoms with Gasteiger partial charge in [-0.2, -0.15) is 0 Å². The van der Waals surface area contributed by atoms with E-state index in [0.29, 0.717) is 13.2 Å². The van der Waals surface area contributed by atoms with Crippen LogP contribution in [0.15, 0.2) is 11.8 Å². The van der Waals surface area contributed by atoms with Crippen LogP contribution in [0.2, 0.25) is 0 Å². The van der Waals surface area contributed by atoms with Gasteiger partial charge in [0.15, 0.2) is 0 Å². The van der Waals surface area contributed by atoms with Crippen LogP contribution in [0.4, 0.5) is 0 Å². The molecule has 0 saturated carbocycles. The van der Waals surface area contributed by atoms with E-state index in [4.69, 9.17) is 19.5 Å². The van der Waals surface area contributed by atoms with Gasteiger partial charge < -0.3 is 24.6 Å². The minimum atomic E-state index is -0.855. The number of rotatable bonds is 3. The van der Waals surface area contributed by atoms with E-state index in [1.807, 2.05) is 19.9 Å². The molecule has 3 N–H and O–H groups in total. The van der Waals surface area contributed by atoms with E-state index in [9.17, 15) is 5.11 Å². The highest BCUT2D eigenvalue weighted by molar-refractivity contribution is 6.13. The van der Waals surface area contributed by atoms with Crippen LogP contribution in [0.3, 0.4) is 0 Å². The molecule has 1 heterocycles. The van der Waals surface area contributed by atoms with Crippen LogP contribution < -0.4 is 0 Å². The molecule has 0 atom stereocenters. The van der Waals surface area contributed by atoms with E-state index < -0.39 is 11.2 Å². The third-order valence-electron chi connectivity index (χ3n) is 2.78. The Kier molecular flexibility index (Phi) is 6.78. The Morgan fingerprint density at radius 1 is 1.29 bits per heavy atom. The second kappa shape index (κ2) is 7.01. The van der Waals surface area contributed by atoms with Gasteiger partial charge in [-0.25, -0.2) is 0 Å². The van der Waals surface area contributed by atoms with Crippen molar-refractivity contribution in [1.82, 2.24) is 0 Å². The third kappa shape index (κ3) is 6.07. The van der Waals surface area contributed by atoms with Gasteiger partial charge in [0.1, 0.15) is 5.60 Å². The fourth-order valence-electron chi connectivity index (χ4n) is 1.06. The molecule has 99 valence electrons. The first-order chi connectivity index (χ1) is 7.74. The van der Waals surface area contributed by atoms with Crippen LogP contribution in [0.5, 0.6) is 0 Å². The van der Waals surface area contributed by atoms with Gasteiger partial charge in [-0.05, 0) is 33.8 Å². The SMILES string of the molecule is CC(C)(O)C(C)(C)OC1=CCOCC1.O[B]O. The summed E-state index contributed by atoms with van der Waals surface area (Å²) in [6.07, 6.45) is 2.72. The standard InChI is InChI=1S/C11H20O3.BH2O2/c1-10(2,12)11(3,4)14-9-5-7-13-8-6-9;2-1-3/h5,12H,6-8H2,1-4H3;2-3H. The number of hydrogen-bond acceptors (Lipinski definition) is 5. The van der Waals surface area contributed by atoms with Gasteiger partial charge in [0.05, 0.1) is 24.6 Å². The highest BCUT2D eigenvalue weighted by Crippen LogP contribution is 2.29. The molecule has 0 aromatic heterocycles. The molecule has 17 heavy (non-hydrogen) atoms. The Hall–Kier alpha value is -0.555. The summed E-state index contributed by atoms with van der Waals surface area (Å²) in [5.74, 6) is 0.920. The second-order valence-corrected chi connectivity index (χ2v) is 4.78. The third-order valence-corrected chi connectivity index (χ3v) is 2.78. The molecule has 0 aliphatic carbocycles. The van der Waals surface area contributed by atoms with Crippen molar-refractivity contribution in [2.24, 2.45) is 0 Å². The molecule has 0 unspecified atom stereocenters. The fourth-order valence-corrected chi connectivity index (χ4v) is 1.06. The van der Waals surface area contributed by atoms with Gasteiger partial charge in [-0.3, -0.25) is 0 Å². The number of ether oxygens (including phenoxy) is 2. The lowest BCUT2D eigenvalue weighted by molar-refractivity contribution is -0.127. The van der Waals surface area contributed by atoms with E-state index in [0.717, 1.165) is 12.2 Å². The summed E-state index contributed by atoms with van der Waals surface area (Å²) < 4.78 is 11.0. The number of hydrogen-bond donors (Lipinski definition) is 3. The largest absolute Gasteiger partial charge is 0.489 e. The molecule has 0 bridgehead atoms. The summed E-state index contributed by atoms with van der Waals surface area (Å²) in [6.45, 7) is 8.61. The molecule has 1 aliphatic rings. The van der Waals surface area contributed by atoms with E-state index in [1.165, 1.54) is 0 Å².